The zero-order valence-corrected chi connectivity index (χ0v) is 10.5. The van der Waals surface area contributed by atoms with Gasteiger partial charge in [0.15, 0.2) is 0 Å². The van der Waals surface area contributed by atoms with E-state index >= 15 is 0 Å². The highest BCUT2D eigenvalue weighted by molar-refractivity contribution is 5.42. The summed E-state index contributed by atoms with van der Waals surface area (Å²) < 4.78 is 13.8. The molecule has 3 nitrogen and oxygen atoms in total. The van der Waals surface area contributed by atoms with Gasteiger partial charge >= 0.3 is 0 Å². The third-order valence-electron chi connectivity index (χ3n) is 3.56. The summed E-state index contributed by atoms with van der Waals surface area (Å²) in [5, 5.41) is 0. The molecule has 1 atom stereocenters. The Morgan fingerprint density at radius 1 is 1.24 bits per heavy atom. The Labute approximate surface area is 102 Å². The predicted octanol–water partition coefficient (Wildman–Crippen LogP) is 1.72. The molecule has 1 heterocycles. The number of hydrogen-bond acceptors (Lipinski definition) is 3. The fourth-order valence-corrected chi connectivity index (χ4v) is 2.29. The first kappa shape index (κ1) is 12.3. The molecule has 1 unspecified atom stereocenters. The second-order valence-corrected chi connectivity index (χ2v) is 4.80. The quantitative estimate of drug-likeness (QED) is 0.795. The lowest BCUT2D eigenvalue weighted by atomic mass is 10.0. The van der Waals surface area contributed by atoms with Crippen molar-refractivity contribution >= 4 is 5.69 Å². The molecular weight excluding hydrogens is 217 g/mol. The minimum atomic E-state index is -0.161. The van der Waals surface area contributed by atoms with Gasteiger partial charge in [-0.05, 0) is 32.2 Å². The summed E-state index contributed by atoms with van der Waals surface area (Å²) in [5.41, 5.74) is 7.05. The Bertz CT molecular complexity index is 386. The maximum Gasteiger partial charge on any atom is 0.128 e. The highest BCUT2D eigenvalue weighted by atomic mass is 19.1. The summed E-state index contributed by atoms with van der Waals surface area (Å²) in [6.45, 7) is 6.07. The van der Waals surface area contributed by atoms with Crippen LogP contribution in [0.25, 0.3) is 0 Å². The Hall–Kier alpha value is -1.13. The van der Waals surface area contributed by atoms with Crippen molar-refractivity contribution in [3.63, 3.8) is 0 Å². The van der Waals surface area contributed by atoms with Crippen molar-refractivity contribution in [1.82, 2.24) is 9.80 Å². The number of halogens is 1. The van der Waals surface area contributed by atoms with Crippen molar-refractivity contribution in [3.05, 3.63) is 29.6 Å². The summed E-state index contributed by atoms with van der Waals surface area (Å²) in [7, 11) is 2.11. The van der Waals surface area contributed by atoms with Gasteiger partial charge < -0.3 is 10.6 Å². The van der Waals surface area contributed by atoms with Crippen LogP contribution in [0.3, 0.4) is 0 Å². The molecular formula is C13H20FN3. The standard InChI is InChI=1S/C13H20FN3/c1-10(17-7-5-16(2)6-8-17)12-9-11(15)3-4-13(12)14/h3-4,9-10H,5-8,15H2,1-2H3. The van der Waals surface area contributed by atoms with E-state index in [9.17, 15) is 4.39 Å². The average Bonchev–Trinajstić information content (AvgIpc) is 2.32. The molecule has 2 rings (SSSR count). The molecule has 1 aromatic rings. The second-order valence-electron chi connectivity index (χ2n) is 4.80. The smallest absolute Gasteiger partial charge is 0.128 e. The third-order valence-corrected chi connectivity index (χ3v) is 3.56. The third kappa shape index (κ3) is 2.76. The topological polar surface area (TPSA) is 32.5 Å². The van der Waals surface area contributed by atoms with Crippen LogP contribution in [-0.2, 0) is 0 Å². The minimum Gasteiger partial charge on any atom is -0.399 e. The zero-order chi connectivity index (χ0) is 12.4. The number of piperazine rings is 1. The number of nitrogens with zero attached hydrogens (tertiary/aromatic N) is 2. The summed E-state index contributed by atoms with van der Waals surface area (Å²) >= 11 is 0. The first-order valence-electron chi connectivity index (χ1n) is 6.05. The largest absolute Gasteiger partial charge is 0.399 e. The molecule has 1 saturated heterocycles. The van der Waals surface area contributed by atoms with Crippen LogP contribution in [0.15, 0.2) is 18.2 Å². The van der Waals surface area contributed by atoms with Crippen LogP contribution in [0.4, 0.5) is 10.1 Å². The maximum atomic E-state index is 13.8. The first-order chi connectivity index (χ1) is 8.08. The van der Waals surface area contributed by atoms with Crippen molar-refractivity contribution in [2.75, 3.05) is 39.0 Å². The van der Waals surface area contributed by atoms with E-state index in [1.54, 1.807) is 12.1 Å². The SMILES string of the molecule is CC(c1cc(N)ccc1F)N1CCN(C)CC1. The number of anilines is 1. The molecule has 1 aliphatic rings. The lowest BCUT2D eigenvalue weighted by Crippen LogP contribution is -2.45. The van der Waals surface area contributed by atoms with Gasteiger partial charge in [0.25, 0.3) is 0 Å². The summed E-state index contributed by atoms with van der Waals surface area (Å²) in [5.74, 6) is -0.161. The molecule has 17 heavy (non-hydrogen) atoms. The predicted molar refractivity (Wildman–Crippen MR) is 68.3 cm³/mol. The van der Waals surface area contributed by atoms with Gasteiger partial charge in [-0.15, -0.1) is 0 Å². The van der Waals surface area contributed by atoms with E-state index in [1.807, 2.05) is 6.92 Å². The Morgan fingerprint density at radius 2 is 1.88 bits per heavy atom. The fraction of sp³-hybridized carbons (Fsp3) is 0.538. The fourth-order valence-electron chi connectivity index (χ4n) is 2.29. The van der Waals surface area contributed by atoms with E-state index in [4.69, 9.17) is 5.73 Å². The first-order valence-corrected chi connectivity index (χ1v) is 6.05. The van der Waals surface area contributed by atoms with Gasteiger partial charge in [0.1, 0.15) is 5.82 Å². The lowest BCUT2D eigenvalue weighted by Gasteiger charge is -2.36. The molecule has 0 aliphatic carbocycles. The number of likely N-dealkylation sites (N-methyl/N-ethyl adjacent to an activating group) is 1. The average molecular weight is 237 g/mol. The molecule has 0 spiro atoms. The van der Waals surface area contributed by atoms with Crippen LogP contribution in [0.1, 0.15) is 18.5 Å². The van der Waals surface area contributed by atoms with Crippen molar-refractivity contribution < 1.29 is 4.39 Å². The number of nitrogen functional groups attached to an aromatic ring is 1. The molecule has 1 aromatic carbocycles. The van der Waals surface area contributed by atoms with Crippen LogP contribution in [-0.4, -0.2) is 43.0 Å². The van der Waals surface area contributed by atoms with Crippen LogP contribution in [0.2, 0.25) is 0 Å². The molecule has 0 aromatic heterocycles. The van der Waals surface area contributed by atoms with E-state index in [-0.39, 0.29) is 11.9 Å². The van der Waals surface area contributed by atoms with E-state index in [1.165, 1.54) is 6.07 Å². The van der Waals surface area contributed by atoms with E-state index in [2.05, 4.69) is 16.8 Å². The molecule has 4 heteroatoms. The van der Waals surface area contributed by atoms with E-state index < -0.39 is 0 Å². The highest BCUT2D eigenvalue weighted by Gasteiger charge is 2.22. The summed E-state index contributed by atoms with van der Waals surface area (Å²) in [6, 6.07) is 4.90. The summed E-state index contributed by atoms with van der Waals surface area (Å²) in [6.07, 6.45) is 0. The number of nitrogens with two attached hydrogens (primary N) is 1. The van der Waals surface area contributed by atoms with Gasteiger partial charge in [-0.3, -0.25) is 4.90 Å². The Morgan fingerprint density at radius 3 is 2.53 bits per heavy atom. The van der Waals surface area contributed by atoms with Crippen molar-refractivity contribution in [1.29, 1.82) is 0 Å². The van der Waals surface area contributed by atoms with E-state index in [0.29, 0.717) is 11.3 Å². The van der Waals surface area contributed by atoms with Gasteiger partial charge in [-0.25, -0.2) is 4.39 Å². The molecule has 0 bridgehead atoms. The zero-order valence-electron chi connectivity index (χ0n) is 10.5. The highest BCUT2D eigenvalue weighted by Crippen LogP contribution is 2.25. The molecule has 0 saturated carbocycles. The van der Waals surface area contributed by atoms with Crippen LogP contribution >= 0.6 is 0 Å². The molecule has 0 radical (unpaired) electrons. The molecule has 1 aliphatic heterocycles. The van der Waals surface area contributed by atoms with E-state index in [0.717, 1.165) is 26.2 Å². The van der Waals surface area contributed by atoms with Gasteiger partial charge in [0.2, 0.25) is 0 Å². The Kier molecular flexibility index (Phi) is 3.64. The second kappa shape index (κ2) is 5.02. The summed E-state index contributed by atoms with van der Waals surface area (Å²) in [4.78, 5) is 4.59. The van der Waals surface area contributed by atoms with Crippen LogP contribution in [0.5, 0.6) is 0 Å². The molecule has 1 fully saturated rings. The number of hydrogen-bond donors (Lipinski definition) is 1. The molecule has 0 amide bonds. The monoisotopic (exact) mass is 237 g/mol. The number of benzene rings is 1. The van der Waals surface area contributed by atoms with Crippen molar-refractivity contribution in [3.8, 4) is 0 Å². The van der Waals surface area contributed by atoms with Crippen molar-refractivity contribution in [2.45, 2.75) is 13.0 Å². The van der Waals surface area contributed by atoms with Gasteiger partial charge in [0.05, 0.1) is 0 Å². The normalized spacial score (nSPS) is 20.4. The minimum absolute atomic E-state index is 0.0900. The molecule has 94 valence electrons. The van der Waals surface area contributed by atoms with Gasteiger partial charge in [-0.2, -0.15) is 0 Å². The molecule has 2 N–H and O–H groups in total. The Balaban J connectivity index is 2.13. The van der Waals surface area contributed by atoms with Gasteiger partial charge in [0, 0.05) is 43.5 Å². The van der Waals surface area contributed by atoms with Gasteiger partial charge in [-0.1, -0.05) is 0 Å². The van der Waals surface area contributed by atoms with Crippen LogP contribution < -0.4 is 5.73 Å². The lowest BCUT2D eigenvalue weighted by molar-refractivity contribution is 0.117. The maximum absolute atomic E-state index is 13.8. The number of rotatable bonds is 2. The van der Waals surface area contributed by atoms with Crippen LogP contribution in [0, 0.1) is 5.82 Å². The van der Waals surface area contributed by atoms with Crippen molar-refractivity contribution in [2.24, 2.45) is 0 Å².